The van der Waals surface area contributed by atoms with Gasteiger partial charge in [-0.3, -0.25) is 0 Å². The van der Waals surface area contributed by atoms with E-state index in [-0.39, 0.29) is 6.61 Å². The molecule has 0 heterocycles. The lowest BCUT2D eigenvalue weighted by Gasteiger charge is -2.30. The molecule has 0 aliphatic heterocycles. The highest BCUT2D eigenvalue weighted by Crippen LogP contribution is 2.35. The summed E-state index contributed by atoms with van der Waals surface area (Å²) in [6.45, 7) is 0.984. The van der Waals surface area contributed by atoms with Crippen molar-refractivity contribution in [2.75, 3.05) is 27.9 Å². The highest BCUT2D eigenvalue weighted by atomic mass is 16.5. The molecule has 27 heavy (non-hydrogen) atoms. The Hall–Kier alpha value is -1.62. The van der Waals surface area contributed by atoms with Gasteiger partial charge in [-0.1, -0.05) is 6.92 Å². The van der Waals surface area contributed by atoms with Crippen molar-refractivity contribution < 1.29 is 44.5 Å². The third-order valence-corrected chi connectivity index (χ3v) is 4.32. The summed E-state index contributed by atoms with van der Waals surface area (Å²) in [5.41, 5.74) is 0.580. The lowest BCUT2D eigenvalue weighted by Crippen LogP contribution is -2.50. The number of hydrogen-bond donors (Lipinski definition) is 5. The number of benzene rings is 1. The van der Waals surface area contributed by atoms with Crippen LogP contribution in [0.2, 0.25) is 0 Å². The molecule has 0 aromatic heterocycles. The molecule has 9 nitrogen and oxygen atoms in total. The second-order valence-electron chi connectivity index (χ2n) is 5.99. The largest absolute Gasteiger partial charge is 0.496 e. The number of aliphatic hydroxyl groups is 5. The molecule has 156 valence electrons. The molecule has 0 fully saturated rings. The van der Waals surface area contributed by atoms with Crippen LogP contribution in [0.5, 0.6) is 17.2 Å². The minimum absolute atomic E-state index is 0.00270. The molecular formula is C18H30O9. The summed E-state index contributed by atoms with van der Waals surface area (Å²) in [5.74, 6) is 1.47. The molecule has 0 spiro atoms. The average Bonchev–Trinajstić information content (AvgIpc) is 2.71. The average molecular weight is 390 g/mol. The molecule has 0 bridgehead atoms. The van der Waals surface area contributed by atoms with Gasteiger partial charge in [-0.2, -0.15) is 0 Å². The van der Waals surface area contributed by atoms with Gasteiger partial charge >= 0.3 is 0 Å². The molecule has 5 unspecified atom stereocenters. The molecule has 0 aliphatic carbocycles. The van der Waals surface area contributed by atoms with Gasteiger partial charge in [0.05, 0.1) is 46.2 Å². The molecule has 1 aromatic rings. The van der Waals surface area contributed by atoms with E-state index < -0.39 is 37.1 Å². The van der Waals surface area contributed by atoms with Gasteiger partial charge in [0.1, 0.15) is 41.7 Å². The van der Waals surface area contributed by atoms with Crippen LogP contribution in [0.1, 0.15) is 18.9 Å². The summed E-state index contributed by atoms with van der Waals surface area (Å²) in [6, 6.07) is 3.32. The quantitative estimate of drug-likeness (QED) is 0.318. The molecule has 9 heteroatoms. The van der Waals surface area contributed by atoms with Gasteiger partial charge in [0, 0.05) is 12.1 Å². The standard InChI is InChI=1S/C18H30O9/c1-5-13(17(22)18(23)16(21)12(20)8-19)27-9-11-14(25-3)6-10(24-2)7-15(11)26-4/h6-7,12-13,16-23H,5,8-9H2,1-4H3. The molecule has 5 N–H and O–H groups in total. The van der Waals surface area contributed by atoms with Crippen LogP contribution in [0, 0.1) is 0 Å². The van der Waals surface area contributed by atoms with Gasteiger partial charge in [-0.15, -0.1) is 0 Å². The van der Waals surface area contributed by atoms with Gasteiger partial charge in [0.25, 0.3) is 0 Å². The smallest absolute Gasteiger partial charge is 0.131 e. The van der Waals surface area contributed by atoms with Crippen molar-refractivity contribution in [3.8, 4) is 17.2 Å². The molecule has 1 rings (SSSR count). The Bertz CT molecular complexity index is 541. The summed E-state index contributed by atoms with van der Waals surface area (Å²) < 4.78 is 21.6. The van der Waals surface area contributed by atoms with Crippen molar-refractivity contribution in [3.63, 3.8) is 0 Å². The van der Waals surface area contributed by atoms with Crippen LogP contribution in [0.25, 0.3) is 0 Å². The van der Waals surface area contributed by atoms with Crippen LogP contribution < -0.4 is 14.2 Å². The van der Waals surface area contributed by atoms with Gasteiger partial charge in [-0.05, 0) is 6.42 Å². The van der Waals surface area contributed by atoms with E-state index >= 15 is 0 Å². The first-order valence-electron chi connectivity index (χ1n) is 8.58. The Kier molecular flexibility index (Phi) is 9.78. The van der Waals surface area contributed by atoms with E-state index in [1.807, 2.05) is 0 Å². The van der Waals surface area contributed by atoms with Crippen molar-refractivity contribution in [1.82, 2.24) is 0 Å². The predicted molar refractivity (Wildman–Crippen MR) is 96.1 cm³/mol. The first kappa shape index (κ1) is 23.4. The third-order valence-electron chi connectivity index (χ3n) is 4.32. The topological polar surface area (TPSA) is 138 Å². The van der Waals surface area contributed by atoms with Gasteiger partial charge in [0.2, 0.25) is 0 Å². The lowest BCUT2D eigenvalue weighted by atomic mass is 9.98. The van der Waals surface area contributed by atoms with Crippen LogP contribution in [-0.2, 0) is 11.3 Å². The lowest BCUT2D eigenvalue weighted by molar-refractivity contribution is -0.153. The van der Waals surface area contributed by atoms with E-state index in [1.54, 1.807) is 19.1 Å². The molecule has 0 radical (unpaired) electrons. The van der Waals surface area contributed by atoms with E-state index in [0.29, 0.717) is 29.2 Å². The maximum Gasteiger partial charge on any atom is 0.131 e. The minimum Gasteiger partial charge on any atom is -0.496 e. The van der Waals surface area contributed by atoms with E-state index in [9.17, 15) is 20.4 Å². The van der Waals surface area contributed by atoms with E-state index in [4.69, 9.17) is 24.1 Å². The Morgan fingerprint density at radius 3 is 1.81 bits per heavy atom. The fraction of sp³-hybridized carbons (Fsp3) is 0.667. The second-order valence-corrected chi connectivity index (χ2v) is 5.99. The zero-order chi connectivity index (χ0) is 20.6. The summed E-state index contributed by atoms with van der Waals surface area (Å²) in [5, 5.41) is 48.4. The summed E-state index contributed by atoms with van der Waals surface area (Å²) >= 11 is 0. The number of rotatable bonds is 12. The van der Waals surface area contributed by atoms with E-state index in [1.165, 1.54) is 21.3 Å². The Balaban J connectivity index is 2.93. The third kappa shape index (κ3) is 5.93. The fourth-order valence-electron chi connectivity index (χ4n) is 2.63. The normalized spacial score (nSPS) is 16.9. The summed E-state index contributed by atoms with van der Waals surface area (Å²) in [6.07, 6.45) is -7.00. The monoisotopic (exact) mass is 390 g/mol. The van der Waals surface area contributed by atoms with Crippen molar-refractivity contribution in [2.45, 2.75) is 50.5 Å². The zero-order valence-corrected chi connectivity index (χ0v) is 16.0. The van der Waals surface area contributed by atoms with Crippen molar-refractivity contribution in [3.05, 3.63) is 17.7 Å². The maximum atomic E-state index is 10.3. The number of methoxy groups -OCH3 is 3. The number of aliphatic hydroxyl groups excluding tert-OH is 5. The minimum atomic E-state index is -1.72. The van der Waals surface area contributed by atoms with E-state index in [2.05, 4.69) is 0 Å². The van der Waals surface area contributed by atoms with Crippen LogP contribution >= 0.6 is 0 Å². The molecule has 1 aromatic carbocycles. The first-order valence-corrected chi connectivity index (χ1v) is 8.58. The van der Waals surface area contributed by atoms with Crippen LogP contribution in [0.15, 0.2) is 12.1 Å². The van der Waals surface area contributed by atoms with Crippen LogP contribution in [0.4, 0.5) is 0 Å². The number of hydrogen-bond acceptors (Lipinski definition) is 9. The second kappa shape index (κ2) is 11.3. The SMILES string of the molecule is CCC(OCc1c(OC)cc(OC)cc1OC)C(O)C(O)C(O)C(O)CO. The molecule has 0 aliphatic rings. The maximum absolute atomic E-state index is 10.3. The van der Waals surface area contributed by atoms with Crippen molar-refractivity contribution in [1.29, 1.82) is 0 Å². The van der Waals surface area contributed by atoms with E-state index in [0.717, 1.165) is 0 Å². The fourth-order valence-corrected chi connectivity index (χ4v) is 2.63. The van der Waals surface area contributed by atoms with Gasteiger partial charge in [-0.25, -0.2) is 0 Å². The molecule has 0 saturated carbocycles. The zero-order valence-electron chi connectivity index (χ0n) is 16.0. The Morgan fingerprint density at radius 1 is 0.852 bits per heavy atom. The van der Waals surface area contributed by atoms with Gasteiger partial charge < -0.3 is 44.5 Å². The number of ether oxygens (including phenoxy) is 4. The van der Waals surface area contributed by atoms with Crippen molar-refractivity contribution >= 4 is 0 Å². The molecule has 0 amide bonds. The molecule has 0 saturated heterocycles. The molecular weight excluding hydrogens is 360 g/mol. The van der Waals surface area contributed by atoms with Crippen molar-refractivity contribution in [2.24, 2.45) is 0 Å². The Labute approximate surface area is 158 Å². The van der Waals surface area contributed by atoms with Gasteiger partial charge in [0.15, 0.2) is 0 Å². The van der Waals surface area contributed by atoms with Crippen LogP contribution in [0.3, 0.4) is 0 Å². The summed E-state index contributed by atoms with van der Waals surface area (Å²) in [7, 11) is 4.49. The Morgan fingerprint density at radius 2 is 1.41 bits per heavy atom. The van der Waals surface area contributed by atoms with Crippen LogP contribution in [-0.4, -0.2) is 84.0 Å². The summed E-state index contributed by atoms with van der Waals surface area (Å²) in [4.78, 5) is 0. The predicted octanol–water partition coefficient (Wildman–Crippen LogP) is -0.556. The highest BCUT2D eigenvalue weighted by molar-refractivity contribution is 5.50. The highest BCUT2D eigenvalue weighted by Gasteiger charge is 2.34. The first-order chi connectivity index (χ1) is 12.8. The molecule has 5 atom stereocenters.